The second kappa shape index (κ2) is 10.3. The SMILES string of the molecule is CCCS(=O)(=O)Nc1ccc(NCC(=O)N2CCCC[C@H]2CN2CCCC2)cc1. The first-order valence-electron chi connectivity index (χ1n) is 10.8. The molecule has 1 atom stereocenters. The van der Waals surface area contributed by atoms with E-state index in [1.807, 2.05) is 6.92 Å². The van der Waals surface area contributed by atoms with Crippen LogP contribution in [0.4, 0.5) is 11.4 Å². The molecule has 2 saturated heterocycles. The molecule has 0 bridgehead atoms. The van der Waals surface area contributed by atoms with Crippen molar-refractivity contribution in [2.75, 3.05) is 48.5 Å². The van der Waals surface area contributed by atoms with Crippen molar-refractivity contribution < 1.29 is 13.2 Å². The lowest BCUT2D eigenvalue weighted by atomic mass is 10.0. The number of rotatable bonds is 9. The van der Waals surface area contributed by atoms with Crippen LogP contribution in [0.25, 0.3) is 0 Å². The molecule has 29 heavy (non-hydrogen) atoms. The number of carbonyl (C=O) groups excluding carboxylic acids is 1. The molecule has 162 valence electrons. The van der Waals surface area contributed by atoms with Crippen LogP contribution in [0.1, 0.15) is 45.4 Å². The number of nitrogens with zero attached hydrogens (tertiary/aromatic N) is 2. The van der Waals surface area contributed by atoms with Crippen LogP contribution in [0.2, 0.25) is 0 Å². The summed E-state index contributed by atoms with van der Waals surface area (Å²) in [5, 5.41) is 3.19. The summed E-state index contributed by atoms with van der Waals surface area (Å²) in [6.07, 6.45) is 6.49. The molecular formula is C21H34N4O3S. The third-order valence-electron chi connectivity index (χ3n) is 5.69. The Kier molecular flexibility index (Phi) is 7.77. The first-order valence-corrected chi connectivity index (χ1v) is 12.5. The van der Waals surface area contributed by atoms with Crippen LogP contribution < -0.4 is 10.0 Å². The van der Waals surface area contributed by atoms with Gasteiger partial charge in [-0.2, -0.15) is 0 Å². The molecule has 7 nitrogen and oxygen atoms in total. The van der Waals surface area contributed by atoms with E-state index in [-0.39, 0.29) is 18.2 Å². The number of amides is 1. The maximum absolute atomic E-state index is 12.8. The molecule has 0 spiro atoms. The summed E-state index contributed by atoms with van der Waals surface area (Å²) >= 11 is 0. The van der Waals surface area contributed by atoms with Gasteiger partial charge in [-0.25, -0.2) is 8.42 Å². The van der Waals surface area contributed by atoms with Gasteiger partial charge in [0.25, 0.3) is 0 Å². The normalized spacial score (nSPS) is 20.6. The van der Waals surface area contributed by atoms with Gasteiger partial charge in [0.2, 0.25) is 15.9 Å². The van der Waals surface area contributed by atoms with Gasteiger partial charge in [-0.05, 0) is 75.9 Å². The minimum atomic E-state index is -3.29. The van der Waals surface area contributed by atoms with Crippen LogP contribution >= 0.6 is 0 Å². The highest BCUT2D eigenvalue weighted by Gasteiger charge is 2.28. The Balaban J connectivity index is 1.51. The number of carbonyl (C=O) groups is 1. The molecule has 2 heterocycles. The number of hydrogen-bond acceptors (Lipinski definition) is 5. The summed E-state index contributed by atoms with van der Waals surface area (Å²) < 4.78 is 26.3. The quantitative estimate of drug-likeness (QED) is 0.639. The zero-order chi connectivity index (χ0) is 20.7. The van der Waals surface area contributed by atoms with Crippen molar-refractivity contribution >= 4 is 27.3 Å². The molecular weight excluding hydrogens is 388 g/mol. The van der Waals surface area contributed by atoms with Crippen molar-refractivity contribution in [3.05, 3.63) is 24.3 Å². The molecule has 2 aliphatic heterocycles. The molecule has 2 aliphatic rings. The molecule has 0 aliphatic carbocycles. The highest BCUT2D eigenvalue weighted by Crippen LogP contribution is 2.21. The Bertz CT molecular complexity index is 761. The lowest BCUT2D eigenvalue weighted by molar-refractivity contribution is -0.133. The average molecular weight is 423 g/mol. The number of nitrogens with one attached hydrogen (secondary N) is 2. The minimum Gasteiger partial charge on any atom is -0.376 e. The lowest BCUT2D eigenvalue weighted by Crippen LogP contribution is -2.50. The highest BCUT2D eigenvalue weighted by molar-refractivity contribution is 7.92. The fraction of sp³-hybridized carbons (Fsp3) is 0.667. The predicted molar refractivity (Wildman–Crippen MR) is 118 cm³/mol. The molecule has 0 radical (unpaired) electrons. The van der Waals surface area contributed by atoms with E-state index in [1.165, 1.54) is 19.3 Å². The van der Waals surface area contributed by atoms with Crippen molar-refractivity contribution in [2.45, 2.75) is 51.5 Å². The van der Waals surface area contributed by atoms with E-state index in [2.05, 4.69) is 19.8 Å². The standard InChI is InChI=1S/C21H34N4O3S/c1-2-15-29(27,28)23-19-10-8-18(9-11-19)22-16-21(26)25-14-4-3-7-20(25)17-24-12-5-6-13-24/h8-11,20,22-23H,2-7,12-17H2,1H3/t20-/m0/s1. The van der Waals surface area contributed by atoms with Gasteiger partial charge in [0, 0.05) is 30.5 Å². The number of piperidine rings is 1. The topological polar surface area (TPSA) is 81.8 Å². The van der Waals surface area contributed by atoms with E-state index < -0.39 is 10.0 Å². The van der Waals surface area contributed by atoms with Crippen LogP contribution in [-0.2, 0) is 14.8 Å². The molecule has 2 fully saturated rings. The largest absolute Gasteiger partial charge is 0.376 e. The molecule has 0 aromatic heterocycles. The maximum atomic E-state index is 12.8. The molecule has 3 rings (SSSR count). The number of hydrogen-bond donors (Lipinski definition) is 2. The number of anilines is 2. The van der Waals surface area contributed by atoms with E-state index in [4.69, 9.17) is 0 Å². The molecule has 1 aromatic carbocycles. The van der Waals surface area contributed by atoms with Crippen LogP contribution in [0.5, 0.6) is 0 Å². The van der Waals surface area contributed by atoms with Gasteiger partial charge in [-0.3, -0.25) is 9.52 Å². The minimum absolute atomic E-state index is 0.107. The Hall–Kier alpha value is -1.80. The Morgan fingerprint density at radius 2 is 1.69 bits per heavy atom. The molecule has 1 aromatic rings. The third kappa shape index (κ3) is 6.60. The van der Waals surface area contributed by atoms with E-state index in [1.54, 1.807) is 24.3 Å². The van der Waals surface area contributed by atoms with Crippen molar-refractivity contribution in [1.82, 2.24) is 9.80 Å². The van der Waals surface area contributed by atoms with Gasteiger partial charge in [0.15, 0.2) is 0 Å². The van der Waals surface area contributed by atoms with Crippen molar-refractivity contribution in [3.8, 4) is 0 Å². The van der Waals surface area contributed by atoms with Crippen LogP contribution in [-0.4, -0.2) is 68.6 Å². The highest BCUT2D eigenvalue weighted by atomic mass is 32.2. The number of likely N-dealkylation sites (tertiary alicyclic amines) is 2. The summed E-state index contributed by atoms with van der Waals surface area (Å²) in [7, 11) is -3.29. The first kappa shape index (κ1) is 21.9. The Labute approximate surface area is 174 Å². The average Bonchev–Trinajstić information content (AvgIpc) is 3.20. The summed E-state index contributed by atoms with van der Waals surface area (Å²) in [5.41, 5.74) is 1.35. The third-order valence-corrected chi connectivity index (χ3v) is 7.18. The zero-order valence-electron chi connectivity index (χ0n) is 17.4. The molecule has 0 saturated carbocycles. The summed E-state index contributed by atoms with van der Waals surface area (Å²) in [6, 6.07) is 7.37. The lowest BCUT2D eigenvalue weighted by Gasteiger charge is -2.38. The van der Waals surface area contributed by atoms with Crippen molar-refractivity contribution in [3.63, 3.8) is 0 Å². The van der Waals surface area contributed by atoms with Gasteiger partial charge in [0.05, 0.1) is 12.3 Å². The second-order valence-electron chi connectivity index (χ2n) is 8.10. The van der Waals surface area contributed by atoms with Gasteiger partial charge >= 0.3 is 0 Å². The monoisotopic (exact) mass is 422 g/mol. The van der Waals surface area contributed by atoms with Crippen molar-refractivity contribution in [2.24, 2.45) is 0 Å². The van der Waals surface area contributed by atoms with Gasteiger partial charge in [-0.1, -0.05) is 6.92 Å². The Morgan fingerprint density at radius 1 is 1.03 bits per heavy atom. The van der Waals surface area contributed by atoms with E-state index in [9.17, 15) is 13.2 Å². The molecule has 8 heteroatoms. The summed E-state index contributed by atoms with van der Waals surface area (Å²) in [4.78, 5) is 17.4. The maximum Gasteiger partial charge on any atom is 0.242 e. The van der Waals surface area contributed by atoms with Crippen LogP contribution in [0.3, 0.4) is 0 Å². The van der Waals surface area contributed by atoms with Crippen LogP contribution in [0, 0.1) is 0 Å². The smallest absolute Gasteiger partial charge is 0.242 e. The van der Waals surface area contributed by atoms with E-state index >= 15 is 0 Å². The van der Waals surface area contributed by atoms with E-state index in [0.29, 0.717) is 18.2 Å². The van der Waals surface area contributed by atoms with Gasteiger partial charge in [0.1, 0.15) is 0 Å². The number of sulfonamides is 1. The van der Waals surface area contributed by atoms with Gasteiger partial charge in [-0.15, -0.1) is 0 Å². The predicted octanol–water partition coefficient (Wildman–Crippen LogP) is 2.73. The fourth-order valence-corrected chi connectivity index (χ4v) is 5.35. The second-order valence-corrected chi connectivity index (χ2v) is 9.94. The Morgan fingerprint density at radius 3 is 2.38 bits per heavy atom. The summed E-state index contributed by atoms with van der Waals surface area (Å²) in [6.45, 7) is 6.25. The molecule has 2 N–H and O–H groups in total. The fourth-order valence-electron chi connectivity index (χ4n) is 4.22. The number of benzene rings is 1. The van der Waals surface area contributed by atoms with E-state index in [0.717, 1.165) is 44.7 Å². The van der Waals surface area contributed by atoms with Crippen LogP contribution in [0.15, 0.2) is 24.3 Å². The van der Waals surface area contributed by atoms with Gasteiger partial charge < -0.3 is 15.1 Å². The zero-order valence-corrected chi connectivity index (χ0v) is 18.2. The summed E-state index contributed by atoms with van der Waals surface area (Å²) in [5.74, 6) is 0.247. The molecule has 0 unspecified atom stereocenters. The first-order chi connectivity index (χ1) is 14.0. The molecule has 1 amide bonds. The van der Waals surface area contributed by atoms with Crippen molar-refractivity contribution in [1.29, 1.82) is 0 Å².